The van der Waals surface area contributed by atoms with E-state index in [1.54, 1.807) is 0 Å². The van der Waals surface area contributed by atoms with Crippen LogP contribution in [0.1, 0.15) is 105 Å². The highest BCUT2D eigenvalue weighted by Gasteiger charge is 2.44. The Morgan fingerprint density at radius 1 is 1.00 bits per heavy atom. The molecule has 5 atom stereocenters. The first-order chi connectivity index (χ1) is 14.1. The zero-order valence-electron chi connectivity index (χ0n) is 21.0. The van der Waals surface area contributed by atoms with Crippen LogP contribution in [0.15, 0.2) is 0 Å². The molecule has 0 bridgehead atoms. The van der Waals surface area contributed by atoms with Gasteiger partial charge in [-0.15, -0.1) is 0 Å². The Morgan fingerprint density at radius 2 is 1.63 bits per heavy atom. The number of rotatable bonds is 10. The largest absolute Gasteiger partial charge is 0.414 e. The molecule has 0 aromatic heterocycles. The summed E-state index contributed by atoms with van der Waals surface area (Å²) in [4.78, 5) is 0. The molecular formula is C25H50N3OSi+. The zero-order chi connectivity index (χ0) is 21.9. The van der Waals surface area contributed by atoms with Crippen LogP contribution in [0.25, 0.3) is 0 Å². The summed E-state index contributed by atoms with van der Waals surface area (Å²) < 4.78 is 9.19. The second-order valence-electron chi connectivity index (χ2n) is 12.0. The Labute approximate surface area is 187 Å². The van der Waals surface area contributed by atoms with Crippen LogP contribution >= 0.6 is 0 Å². The molecule has 30 heavy (non-hydrogen) atoms. The van der Waals surface area contributed by atoms with E-state index in [1.165, 1.54) is 76.6 Å². The second kappa shape index (κ2) is 9.93. The fourth-order valence-corrected chi connectivity index (χ4v) is 7.02. The Bertz CT molecular complexity index is 598. The van der Waals surface area contributed by atoms with Crippen molar-refractivity contribution in [2.45, 2.75) is 154 Å². The van der Waals surface area contributed by atoms with Gasteiger partial charge in [-0.2, -0.15) is 0 Å². The van der Waals surface area contributed by atoms with Gasteiger partial charge in [0.1, 0.15) is 0 Å². The van der Waals surface area contributed by atoms with Crippen LogP contribution < -0.4 is 10.6 Å². The smallest absolute Gasteiger partial charge is 0.346 e. The minimum Gasteiger partial charge on any atom is -0.414 e. The van der Waals surface area contributed by atoms with E-state index in [9.17, 15) is 0 Å². The van der Waals surface area contributed by atoms with Gasteiger partial charge in [0.15, 0.2) is 8.32 Å². The third-order valence-electron chi connectivity index (χ3n) is 8.25. The van der Waals surface area contributed by atoms with Crippen LogP contribution in [0, 0.1) is 0 Å². The average Bonchev–Trinajstić information content (AvgIpc) is 3.03. The second-order valence-corrected chi connectivity index (χ2v) is 16.8. The molecule has 0 spiro atoms. The van der Waals surface area contributed by atoms with Crippen molar-refractivity contribution in [1.29, 1.82) is 0 Å². The maximum Gasteiger partial charge on any atom is 0.346 e. The highest BCUT2D eigenvalue weighted by molar-refractivity contribution is 6.74. The van der Waals surface area contributed by atoms with Crippen LogP contribution in [0.3, 0.4) is 0 Å². The molecule has 2 N–H and O–H groups in total. The Hall–Kier alpha value is -0.553. The first kappa shape index (κ1) is 24.1. The van der Waals surface area contributed by atoms with Gasteiger partial charge in [-0.3, -0.25) is 15.2 Å². The number of hydrogen-bond acceptors (Lipinski definition) is 3. The van der Waals surface area contributed by atoms with E-state index in [0.717, 1.165) is 12.1 Å². The molecule has 0 aromatic rings. The minimum atomic E-state index is -1.61. The van der Waals surface area contributed by atoms with Crippen LogP contribution in [0.5, 0.6) is 0 Å². The summed E-state index contributed by atoms with van der Waals surface area (Å²) in [5, 5.41) is 7.90. The highest BCUT2D eigenvalue weighted by Crippen LogP contribution is 2.37. The molecule has 0 aromatic carbocycles. The fourth-order valence-electron chi connectivity index (χ4n) is 5.54. The lowest BCUT2D eigenvalue weighted by atomic mass is 9.97. The number of nitrogens with zero attached hydrogens (tertiary/aromatic N) is 1. The van der Waals surface area contributed by atoms with E-state index in [4.69, 9.17) is 4.43 Å². The van der Waals surface area contributed by atoms with Crippen LogP contribution in [0.4, 0.5) is 0 Å². The van der Waals surface area contributed by atoms with Gasteiger partial charge in [0.2, 0.25) is 0 Å². The summed E-state index contributed by atoms with van der Waals surface area (Å²) in [5.74, 6) is 1.35. The maximum atomic E-state index is 6.50. The van der Waals surface area contributed by atoms with Gasteiger partial charge in [0.05, 0.1) is 24.2 Å². The van der Waals surface area contributed by atoms with Gasteiger partial charge in [-0.25, -0.2) is 0 Å². The molecule has 3 heterocycles. The van der Waals surface area contributed by atoms with Gasteiger partial charge >= 0.3 is 5.96 Å². The van der Waals surface area contributed by atoms with Gasteiger partial charge in [0.25, 0.3) is 0 Å². The van der Waals surface area contributed by atoms with Crippen molar-refractivity contribution in [2.24, 2.45) is 0 Å². The van der Waals surface area contributed by atoms with Crippen molar-refractivity contribution < 1.29 is 9.00 Å². The number of guanidine groups is 1. The van der Waals surface area contributed by atoms with E-state index >= 15 is 0 Å². The quantitative estimate of drug-likeness (QED) is 0.259. The van der Waals surface area contributed by atoms with E-state index in [1.807, 2.05) is 0 Å². The topological polar surface area (TPSA) is 36.3 Å². The lowest BCUT2D eigenvalue weighted by molar-refractivity contribution is -0.593. The predicted molar refractivity (Wildman–Crippen MR) is 131 cm³/mol. The van der Waals surface area contributed by atoms with Gasteiger partial charge in [0, 0.05) is 18.9 Å². The Morgan fingerprint density at radius 3 is 2.33 bits per heavy atom. The van der Waals surface area contributed by atoms with Gasteiger partial charge in [-0.1, -0.05) is 52.9 Å². The zero-order valence-corrected chi connectivity index (χ0v) is 22.0. The summed E-state index contributed by atoms with van der Waals surface area (Å²) in [6.07, 6.45) is 15.2. The number of unbranched alkanes of at least 4 members (excludes halogenated alkanes) is 4. The molecular weight excluding hydrogens is 386 g/mol. The monoisotopic (exact) mass is 436 g/mol. The van der Waals surface area contributed by atoms with E-state index in [0.29, 0.717) is 23.2 Å². The third-order valence-corrected chi connectivity index (χ3v) is 12.9. The standard InChI is InChI=1S/C25H49N3OSi/c1-19-17-22-15-16-23-18-21(27-24(26-19)28(22)23)14-12-10-8-9-11-13-20(2)29-30(6,7)25(3,4)5/h19-23H,8-18H2,1-7H3,(H,26,27)/p+1/t19-,20+,21+,22+,23-/m0/s1. The highest BCUT2D eigenvalue weighted by atomic mass is 28.4. The maximum absolute atomic E-state index is 6.50. The summed E-state index contributed by atoms with van der Waals surface area (Å²) in [6, 6.07) is 2.88. The lowest BCUT2D eigenvalue weighted by Gasteiger charge is -2.38. The summed E-state index contributed by atoms with van der Waals surface area (Å²) >= 11 is 0. The molecule has 0 radical (unpaired) electrons. The Kier molecular flexibility index (Phi) is 7.98. The van der Waals surface area contributed by atoms with Crippen molar-refractivity contribution in [3.8, 4) is 0 Å². The fraction of sp³-hybridized carbons (Fsp3) is 0.960. The molecule has 0 amide bonds. The van der Waals surface area contributed by atoms with Crippen molar-refractivity contribution in [1.82, 2.24) is 10.6 Å². The molecule has 1 fully saturated rings. The number of hydrogen-bond donors (Lipinski definition) is 2. The molecule has 3 rings (SSSR count). The molecule has 0 saturated carbocycles. The van der Waals surface area contributed by atoms with Crippen LogP contribution in [0.2, 0.25) is 18.1 Å². The van der Waals surface area contributed by atoms with Crippen LogP contribution in [-0.4, -0.2) is 49.1 Å². The molecule has 1 saturated heterocycles. The Balaban J connectivity index is 1.27. The molecule has 174 valence electrons. The molecule has 5 heteroatoms. The lowest BCUT2D eigenvalue weighted by Crippen LogP contribution is -2.61. The number of nitrogens with one attached hydrogen (secondary N) is 2. The SMILES string of the molecule is C[C@H](CCCCCCC[C@@H]1C[C@@H]2CC[C@@H]3C[C@H](C)NC(=[N+]32)N1)O[Si](C)(C)C(C)(C)C. The first-order valence-corrected chi connectivity index (χ1v) is 15.8. The van der Waals surface area contributed by atoms with E-state index < -0.39 is 8.32 Å². The molecule has 3 aliphatic heterocycles. The molecule has 3 aliphatic rings. The predicted octanol–water partition coefficient (Wildman–Crippen LogP) is 5.77. The van der Waals surface area contributed by atoms with Gasteiger partial charge in [-0.05, 0) is 57.7 Å². The van der Waals surface area contributed by atoms with Gasteiger partial charge < -0.3 is 4.43 Å². The van der Waals surface area contributed by atoms with E-state index in [-0.39, 0.29) is 0 Å². The minimum absolute atomic E-state index is 0.314. The molecule has 0 aliphatic carbocycles. The first-order valence-electron chi connectivity index (χ1n) is 12.9. The normalized spacial score (nSPS) is 30.0. The van der Waals surface area contributed by atoms with E-state index in [2.05, 4.69) is 62.9 Å². The van der Waals surface area contributed by atoms with Crippen molar-refractivity contribution in [3.05, 3.63) is 0 Å². The molecule has 4 nitrogen and oxygen atoms in total. The van der Waals surface area contributed by atoms with Crippen molar-refractivity contribution in [2.75, 3.05) is 0 Å². The summed E-state index contributed by atoms with van der Waals surface area (Å²) in [7, 11) is -1.61. The summed E-state index contributed by atoms with van der Waals surface area (Å²) in [5.41, 5.74) is 0. The van der Waals surface area contributed by atoms with Crippen LogP contribution in [-0.2, 0) is 4.43 Å². The average molecular weight is 437 g/mol. The third kappa shape index (κ3) is 6.03. The van der Waals surface area contributed by atoms with Crippen molar-refractivity contribution in [3.63, 3.8) is 0 Å². The van der Waals surface area contributed by atoms with Crippen molar-refractivity contribution >= 4 is 14.3 Å². The molecule has 0 unspecified atom stereocenters. The summed E-state index contributed by atoms with van der Waals surface area (Å²) in [6.45, 7) is 16.4.